The molecule has 1 spiro atoms. The molecule has 82 heavy (non-hydrogen) atoms. The lowest BCUT2D eigenvalue weighted by molar-refractivity contribution is -0.160. The van der Waals surface area contributed by atoms with E-state index in [4.69, 9.17) is 35.5 Å². The second-order valence-corrected chi connectivity index (χ2v) is 25.0. The molecule has 9 atom stereocenters. The average Bonchev–Trinajstić information content (AvgIpc) is 1.75. The van der Waals surface area contributed by atoms with Crippen LogP contribution in [0.25, 0.3) is 10.8 Å². The van der Waals surface area contributed by atoms with Crippen LogP contribution in [0.5, 0.6) is 17.2 Å². The molecule has 5 aliphatic rings. The van der Waals surface area contributed by atoms with E-state index in [2.05, 4.69) is 89.3 Å². The summed E-state index contributed by atoms with van der Waals surface area (Å²) in [6.45, 7) is 21.6. The number of nitrogens with one attached hydrogen (secondary N) is 1. The van der Waals surface area contributed by atoms with E-state index in [0.717, 1.165) is 44.2 Å². The standard InChI is InChI=1S/C46H62N4O11.C17H19ClN2S/c1-22(2)21-50-18-16-46(17-19-50)48-34-31-32-39(54)28(8)42-33(31)43(56)45(10,61-42)59-20-15-30(58-11)25(5)41(60-29(9)51)27(7)38(53)26(6)37(52)23(3)13-12-14-24(4)44(57)47-36(40(32)55)35(34)49-46;1-19(2)10-5-11-20-14-6-3-4-7-16(14)21-17-9-8-13(18)12-15(17)20/h12-15,20,22-23,25-27,30,37-38,41,48,52-55H,16-19,21H2,1-11H3;3-4,6-9,12H,5,10-11H2,1-2H3/b13-12+,20-15+,24-14-,47-36?;/t23-,25+,26+,27+,30-,37-,38+,41+,45-;/m0./s1. The maximum Gasteiger partial charge on any atom is 0.312 e. The number of fused-ring (bicyclic) bond motifs is 3. The number of phenolic OH excluding ortho intramolecular Hbond substituents is 2. The summed E-state index contributed by atoms with van der Waals surface area (Å²) >= 11 is 8.03. The molecule has 5 heterocycles. The number of hydrogen-bond donors (Lipinski definition) is 5. The van der Waals surface area contributed by atoms with E-state index in [1.165, 1.54) is 48.4 Å². The number of aromatic hydroxyl groups is 2. The molecule has 5 N–H and O–H groups in total. The molecule has 1 saturated heterocycles. The van der Waals surface area contributed by atoms with Gasteiger partial charge in [-0.1, -0.05) is 95.3 Å². The molecule has 9 rings (SSSR count). The van der Waals surface area contributed by atoms with Crippen LogP contribution in [-0.2, 0) is 23.8 Å². The summed E-state index contributed by atoms with van der Waals surface area (Å²) in [5.41, 5.74) is 2.40. The number of ether oxygens (including phenoxy) is 4. The highest BCUT2D eigenvalue weighted by atomic mass is 35.5. The number of rotatable bonds is 8. The topological polar surface area (TPSA) is 216 Å². The fourth-order valence-electron chi connectivity index (χ4n) is 11.8. The molecule has 5 aliphatic heterocycles. The second kappa shape index (κ2) is 25.5. The van der Waals surface area contributed by atoms with E-state index in [1.807, 2.05) is 17.8 Å². The van der Waals surface area contributed by atoms with Crippen molar-refractivity contribution in [2.75, 3.05) is 64.1 Å². The first-order valence-electron chi connectivity index (χ1n) is 28.4. The Labute approximate surface area is 490 Å². The number of carbonyl (C=O) groups is 3. The van der Waals surface area contributed by atoms with Crippen molar-refractivity contribution in [2.24, 2.45) is 39.6 Å². The Morgan fingerprint density at radius 1 is 0.939 bits per heavy atom. The van der Waals surface area contributed by atoms with Crippen LogP contribution in [0.4, 0.5) is 17.1 Å². The zero-order chi connectivity index (χ0) is 59.7. The number of aliphatic hydroxyl groups excluding tert-OH is 2. The van der Waals surface area contributed by atoms with Crippen LogP contribution in [-0.4, -0.2) is 138 Å². The van der Waals surface area contributed by atoms with Gasteiger partial charge in [-0.3, -0.25) is 19.4 Å². The number of amides is 1. The van der Waals surface area contributed by atoms with Crippen LogP contribution in [0.3, 0.4) is 0 Å². The van der Waals surface area contributed by atoms with Crippen molar-refractivity contribution in [3.05, 3.63) is 105 Å². The number of halogens is 1. The normalized spacial score (nSPS) is 27.7. The minimum Gasteiger partial charge on any atom is -0.507 e. The average molecular weight is 1170 g/mol. The molecule has 0 saturated carbocycles. The summed E-state index contributed by atoms with van der Waals surface area (Å²) < 4.78 is 24.0. The van der Waals surface area contributed by atoms with E-state index >= 15 is 0 Å². The Morgan fingerprint density at radius 3 is 2.30 bits per heavy atom. The van der Waals surface area contributed by atoms with Gasteiger partial charge in [-0.2, -0.15) is 0 Å². The van der Waals surface area contributed by atoms with Gasteiger partial charge in [0.2, 0.25) is 0 Å². The first kappa shape index (κ1) is 62.1. The quantitative estimate of drug-likeness (QED) is 0.0820. The molecule has 4 bridgehead atoms. The highest BCUT2D eigenvalue weighted by Gasteiger charge is 2.51. The molecule has 0 radical (unpaired) electrons. The Morgan fingerprint density at radius 2 is 1.63 bits per heavy atom. The number of aliphatic hydroxyl groups is 2. The third-order valence-electron chi connectivity index (χ3n) is 16.5. The fourth-order valence-corrected chi connectivity index (χ4v) is 13.1. The van der Waals surface area contributed by atoms with Gasteiger partial charge in [0.15, 0.2) is 5.75 Å². The first-order valence-corrected chi connectivity index (χ1v) is 29.6. The van der Waals surface area contributed by atoms with E-state index < -0.39 is 82.9 Å². The lowest BCUT2D eigenvalue weighted by Crippen LogP contribution is -2.47. The number of Topliss-reactive ketones (excluding diaryl/α,β-unsaturated/α-hetero) is 1. The number of allylic oxidation sites excluding steroid dienone is 2. The van der Waals surface area contributed by atoms with Gasteiger partial charge in [0.25, 0.3) is 11.7 Å². The van der Waals surface area contributed by atoms with Gasteiger partial charge < -0.3 is 59.4 Å². The molecule has 1 amide bonds. The number of benzene rings is 4. The predicted octanol–water partition coefficient (Wildman–Crippen LogP) is 9.64. The highest BCUT2D eigenvalue weighted by Crippen LogP contribution is 2.52. The van der Waals surface area contributed by atoms with E-state index in [9.17, 15) is 34.8 Å². The first-order chi connectivity index (χ1) is 38.8. The monoisotopic (exact) mass is 1160 g/mol. The van der Waals surface area contributed by atoms with E-state index in [1.54, 1.807) is 65.8 Å². The largest absolute Gasteiger partial charge is 0.507 e. The predicted molar refractivity (Wildman–Crippen MR) is 320 cm³/mol. The van der Waals surface area contributed by atoms with Gasteiger partial charge in [0.1, 0.15) is 34.0 Å². The number of para-hydroxylation sites is 1. The zero-order valence-electron chi connectivity index (χ0n) is 49.5. The molecule has 0 unspecified atom stereocenters. The smallest absolute Gasteiger partial charge is 0.312 e. The second-order valence-electron chi connectivity index (χ2n) is 23.5. The van der Waals surface area contributed by atoms with Crippen molar-refractivity contribution in [1.82, 2.24) is 9.80 Å². The fraction of sp³-hybridized carbons (Fsp3) is 0.508. The van der Waals surface area contributed by atoms with Crippen molar-refractivity contribution in [1.29, 1.82) is 0 Å². The lowest BCUT2D eigenvalue weighted by Gasteiger charge is -2.38. The van der Waals surface area contributed by atoms with Gasteiger partial charge >= 0.3 is 11.8 Å². The third-order valence-corrected chi connectivity index (χ3v) is 17.9. The van der Waals surface area contributed by atoms with Gasteiger partial charge in [-0.15, -0.1) is 0 Å². The summed E-state index contributed by atoms with van der Waals surface area (Å²) in [5, 5.41) is 51.3. The minimum atomic E-state index is -1.95. The Bertz CT molecular complexity index is 3310. The molecule has 0 aromatic heterocycles. The number of hydrogen-bond acceptors (Lipinski definition) is 17. The van der Waals surface area contributed by atoms with E-state index in [0.29, 0.717) is 24.4 Å². The molecule has 1 fully saturated rings. The van der Waals surface area contributed by atoms with Crippen LogP contribution >= 0.6 is 23.4 Å². The Hall–Kier alpha value is -5.99. The molecule has 19 heteroatoms. The molecular weight excluding hydrogens is 1080 g/mol. The number of carbonyl (C=O) groups excluding carboxylic acids is 3. The van der Waals surface area contributed by atoms with Crippen molar-refractivity contribution in [3.8, 4) is 17.2 Å². The number of phenols is 2. The Kier molecular flexibility index (Phi) is 19.3. The number of ketones is 1. The van der Waals surface area contributed by atoms with Gasteiger partial charge in [-0.25, -0.2) is 4.99 Å². The van der Waals surface area contributed by atoms with E-state index in [-0.39, 0.29) is 49.7 Å². The number of methoxy groups -OCH3 is 1. The van der Waals surface area contributed by atoms with Crippen LogP contribution < -0.4 is 25.7 Å². The summed E-state index contributed by atoms with van der Waals surface area (Å²) in [6, 6.07) is 14.8. The van der Waals surface area contributed by atoms with Crippen LogP contribution in [0.15, 0.2) is 98.4 Å². The number of anilines is 3. The van der Waals surface area contributed by atoms with Crippen LogP contribution in [0.1, 0.15) is 97.5 Å². The number of likely N-dealkylation sites (tertiary alicyclic amines) is 1. The number of esters is 1. The molecular formula is C63H81ClN6O11S. The van der Waals surface area contributed by atoms with Crippen LogP contribution in [0, 0.1) is 36.5 Å². The van der Waals surface area contributed by atoms with Crippen molar-refractivity contribution in [2.45, 2.75) is 134 Å². The van der Waals surface area contributed by atoms with Gasteiger partial charge in [-0.05, 0) is 83.2 Å². The molecule has 17 nitrogen and oxygen atoms in total. The highest BCUT2D eigenvalue weighted by molar-refractivity contribution is 7.99. The van der Waals surface area contributed by atoms with Gasteiger partial charge in [0, 0.05) is 115 Å². The molecule has 0 aliphatic carbocycles. The third kappa shape index (κ3) is 12.7. The maximum absolute atomic E-state index is 14.7. The SMILES string of the molecule is CN(C)CCCN1c2ccccc2Sc2ccc(Cl)cc21.CO[C@H]1/C=C/O[C@@]2(C)Oc3c(C)c(O)c4c(O)c(c5c(c4c3C2=O)NC2(CCN(CC(C)C)CC2)N=5)=NC(=O)/C(C)=C\C=C\[C@H](C)[C@H](O)[C@@H](C)[C@@H](O)[C@@H](C)[C@H](OC(C)=O)[C@@H]1C. The Balaban J connectivity index is 0.000000348. The van der Waals surface area contributed by atoms with Crippen molar-refractivity contribution < 1.29 is 53.8 Å². The molecule has 4 aromatic carbocycles. The van der Waals surface area contributed by atoms with Crippen LogP contribution in [0.2, 0.25) is 5.02 Å². The van der Waals surface area contributed by atoms with Crippen molar-refractivity contribution in [3.63, 3.8) is 0 Å². The summed E-state index contributed by atoms with van der Waals surface area (Å²) in [6.07, 6.45) is 6.20. The van der Waals surface area contributed by atoms with Gasteiger partial charge in [0.05, 0.1) is 52.6 Å². The minimum absolute atomic E-state index is 0.0538. The summed E-state index contributed by atoms with van der Waals surface area (Å²) in [4.78, 5) is 60.1. The lowest BCUT2D eigenvalue weighted by atomic mass is 9.78. The molecule has 4 aromatic rings. The molecule has 442 valence electrons. The van der Waals surface area contributed by atoms with Crippen molar-refractivity contribution >= 4 is 68.9 Å². The number of piperidine rings is 1. The maximum atomic E-state index is 14.7. The summed E-state index contributed by atoms with van der Waals surface area (Å²) in [5.74, 6) is -6.57. The summed E-state index contributed by atoms with van der Waals surface area (Å²) in [7, 11) is 5.70. The number of nitrogens with zero attached hydrogens (tertiary/aromatic N) is 5. The zero-order valence-corrected chi connectivity index (χ0v) is 51.0.